The lowest BCUT2D eigenvalue weighted by molar-refractivity contribution is -0.143. The molecule has 2 unspecified atom stereocenters. The van der Waals surface area contributed by atoms with E-state index in [1.807, 2.05) is 6.92 Å². The summed E-state index contributed by atoms with van der Waals surface area (Å²) in [4.78, 5) is 25.3. The summed E-state index contributed by atoms with van der Waals surface area (Å²) in [5.41, 5.74) is 1.61. The third-order valence-electron chi connectivity index (χ3n) is 4.66. The number of hydrogen-bond donors (Lipinski definition) is 2. The van der Waals surface area contributed by atoms with Crippen molar-refractivity contribution in [1.82, 2.24) is 4.90 Å². The molecule has 142 valence electrons. The average molecular weight is 374 g/mol. The highest BCUT2D eigenvalue weighted by atomic mass is 19.2. The lowest BCUT2D eigenvalue weighted by atomic mass is 9.91. The van der Waals surface area contributed by atoms with Crippen LogP contribution in [0.4, 0.5) is 19.3 Å². The number of benzene rings is 2. The van der Waals surface area contributed by atoms with Gasteiger partial charge in [-0.05, 0) is 47.7 Å². The van der Waals surface area contributed by atoms with Gasteiger partial charge in [0.2, 0.25) is 0 Å². The Hall–Kier alpha value is -2.96. The zero-order valence-electron chi connectivity index (χ0n) is 14.8. The number of carbonyl (C=O) groups is 2. The molecule has 27 heavy (non-hydrogen) atoms. The van der Waals surface area contributed by atoms with Crippen molar-refractivity contribution >= 4 is 17.7 Å². The molecule has 2 aromatic carbocycles. The Labute approximate surface area is 155 Å². The number of urea groups is 1. The number of carbonyl (C=O) groups excluding carboxylic acids is 1. The first-order valence-corrected chi connectivity index (χ1v) is 8.67. The number of amides is 2. The summed E-state index contributed by atoms with van der Waals surface area (Å²) in [5.74, 6) is -3.24. The van der Waals surface area contributed by atoms with Gasteiger partial charge in [0.1, 0.15) is 0 Å². The lowest BCUT2D eigenvalue weighted by Gasteiger charge is -2.34. The van der Waals surface area contributed by atoms with Crippen molar-refractivity contribution in [3.63, 3.8) is 0 Å². The van der Waals surface area contributed by atoms with E-state index in [1.165, 1.54) is 11.0 Å². The van der Waals surface area contributed by atoms with Gasteiger partial charge >= 0.3 is 12.0 Å². The molecule has 0 bridgehead atoms. The van der Waals surface area contributed by atoms with Crippen LogP contribution in [-0.4, -0.2) is 35.1 Å². The second-order valence-corrected chi connectivity index (χ2v) is 6.92. The summed E-state index contributed by atoms with van der Waals surface area (Å²) in [6, 6.07) is 10.0. The van der Waals surface area contributed by atoms with Crippen LogP contribution in [0.2, 0.25) is 0 Å². The standard InChI is InChI=1S/C20H20F2N2O3/c1-12-7-15(19(25)26)11-24(10-12)20(27)23-16-4-2-3-13(8-16)14-5-6-17(21)18(22)9-14/h2-6,8-9,12,15H,7,10-11H2,1H3,(H,23,27)(H,25,26). The van der Waals surface area contributed by atoms with Crippen molar-refractivity contribution in [3.8, 4) is 11.1 Å². The van der Waals surface area contributed by atoms with Gasteiger partial charge in [0.25, 0.3) is 0 Å². The molecular formula is C20H20F2N2O3. The Morgan fingerprint density at radius 1 is 1.07 bits per heavy atom. The zero-order valence-corrected chi connectivity index (χ0v) is 14.8. The molecule has 1 fully saturated rings. The van der Waals surface area contributed by atoms with Gasteiger partial charge in [0, 0.05) is 18.8 Å². The number of nitrogens with one attached hydrogen (secondary N) is 1. The fraction of sp³-hybridized carbons (Fsp3) is 0.300. The van der Waals surface area contributed by atoms with Crippen LogP contribution >= 0.6 is 0 Å². The summed E-state index contributed by atoms with van der Waals surface area (Å²) < 4.78 is 26.6. The first kappa shape index (κ1) is 18.8. The van der Waals surface area contributed by atoms with Crippen LogP contribution in [0, 0.1) is 23.5 Å². The van der Waals surface area contributed by atoms with E-state index in [-0.39, 0.29) is 18.5 Å². The van der Waals surface area contributed by atoms with Gasteiger partial charge in [-0.25, -0.2) is 13.6 Å². The number of piperidine rings is 1. The van der Waals surface area contributed by atoms with Gasteiger partial charge in [0.15, 0.2) is 11.6 Å². The minimum Gasteiger partial charge on any atom is -0.481 e. The smallest absolute Gasteiger partial charge is 0.321 e. The van der Waals surface area contributed by atoms with E-state index in [0.717, 1.165) is 12.1 Å². The molecule has 2 atom stereocenters. The molecule has 1 saturated heterocycles. The number of rotatable bonds is 3. The van der Waals surface area contributed by atoms with E-state index in [0.29, 0.717) is 29.8 Å². The molecule has 0 saturated carbocycles. The Bertz CT molecular complexity index is 872. The molecule has 1 aliphatic heterocycles. The first-order valence-electron chi connectivity index (χ1n) is 8.67. The maximum absolute atomic E-state index is 13.5. The molecule has 1 heterocycles. The number of hydrogen-bond acceptors (Lipinski definition) is 2. The van der Waals surface area contributed by atoms with E-state index in [4.69, 9.17) is 0 Å². The van der Waals surface area contributed by atoms with Gasteiger partial charge in [-0.15, -0.1) is 0 Å². The average Bonchev–Trinajstić information content (AvgIpc) is 2.63. The van der Waals surface area contributed by atoms with Crippen LogP contribution in [0.5, 0.6) is 0 Å². The summed E-state index contributed by atoms with van der Waals surface area (Å²) in [7, 11) is 0. The first-order chi connectivity index (χ1) is 12.8. The number of aliphatic carboxylic acids is 1. The summed E-state index contributed by atoms with van der Waals surface area (Å²) in [6.45, 7) is 2.56. The molecule has 2 amide bonds. The Morgan fingerprint density at radius 2 is 1.81 bits per heavy atom. The van der Waals surface area contributed by atoms with E-state index >= 15 is 0 Å². The highest BCUT2D eigenvalue weighted by molar-refractivity contribution is 5.90. The van der Waals surface area contributed by atoms with Crippen molar-refractivity contribution in [3.05, 3.63) is 54.1 Å². The minimum atomic E-state index is -0.941. The molecule has 3 rings (SSSR count). The number of carboxylic acids is 1. The van der Waals surface area contributed by atoms with Crippen molar-refractivity contribution in [1.29, 1.82) is 0 Å². The minimum absolute atomic E-state index is 0.0964. The van der Waals surface area contributed by atoms with Gasteiger partial charge in [0.05, 0.1) is 5.92 Å². The summed E-state index contributed by atoms with van der Waals surface area (Å²) in [6.07, 6.45) is 0.546. The molecule has 0 radical (unpaired) electrons. The van der Waals surface area contributed by atoms with Gasteiger partial charge in [-0.1, -0.05) is 25.1 Å². The quantitative estimate of drug-likeness (QED) is 0.846. The van der Waals surface area contributed by atoms with Gasteiger partial charge in [-0.2, -0.15) is 0 Å². The molecule has 7 heteroatoms. The monoisotopic (exact) mass is 374 g/mol. The van der Waals surface area contributed by atoms with Crippen molar-refractivity contribution in [2.75, 3.05) is 18.4 Å². The van der Waals surface area contributed by atoms with E-state index in [9.17, 15) is 23.5 Å². The second-order valence-electron chi connectivity index (χ2n) is 6.92. The number of likely N-dealkylation sites (tertiary alicyclic amines) is 1. The zero-order chi connectivity index (χ0) is 19.6. The molecule has 0 spiro atoms. The second kappa shape index (κ2) is 7.73. The highest BCUT2D eigenvalue weighted by Gasteiger charge is 2.31. The molecule has 0 aromatic heterocycles. The van der Waals surface area contributed by atoms with Crippen molar-refractivity contribution < 1.29 is 23.5 Å². The molecule has 1 aliphatic rings. The molecule has 2 aromatic rings. The van der Waals surface area contributed by atoms with E-state index < -0.39 is 23.5 Å². The molecule has 5 nitrogen and oxygen atoms in total. The van der Waals surface area contributed by atoms with Crippen LogP contribution in [0.15, 0.2) is 42.5 Å². The van der Waals surface area contributed by atoms with Crippen LogP contribution in [0.25, 0.3) is 11.1 Å². The SMILES string of the molecule is CC1CC(C(=O)O)CN(C(=O)Nc2cccc(-c3ccc(F)c(F)c3)c2)C1. The van der Waals surface area contributed by atoms with Crippen LogP contribution in [0.1, 0.15) is 13.3 Å². The Morgan fingerprint density at radius 3 is 2.52 bits per heavy atom. The maximum Gasteiger partial charge on any atom is 0.321 e. The Balaban J connectivity index is 1.74. The molecule has 2 N–H and O–H groups in total. The van der Waals surface area contributed by atoms with Gasteiger partial charge < -0.3 is 15.3 Å². The largest absolute Gasteiger partial charge is 0.481 e. The number of nitrogens with zero attached hydrogens (tertiary/aromatic N) is 1. The fourth-order valence-electron chi connectivity index (χ4n) is 3.35. The predicted octanol–water partition coefficient (Wildman–Crippen LogP) is 4.21. The van der Waals surface area contributed by atoms with E-state index in [2.05, 4.69) is 5.32 Å². The third kappa shape index (κ3) is 4.42. The summed E-state index contributed by atoms with van der Waals surface area (Å²) in [5, 5.41) is 12.0. The predicted molar refractivity (Wildman–Crippen MR) is 97.3 cm³/mol. The van der Waals surface area contributed by atoms with Crippen molar-refractivity contribution in [2.45, 2.75) is 13.3 Å². The molecular weight excluding hydrogens is 354 g/mol. The normalized spacial score (nSPS) is 19.6. The molecule has 0 aliphatic carbocycles. The van der Waals surface area contributed by atoms with Crippen molar-refractivity contribution in [2.24, 2.45) is 11.8 Å². The van der Waals surface area contributed by atoms with Crippen LogP contribution in [0.3, 0.4) is 0 Å². The fourth-order valence-corrected chi connectivity index (χ4v) is 3.35. The number of halogens is 2. The number of carboxylic acid groups (broad SMARTS) is 1. The van der Waals surface area contributed by atoms with E-state index in [1.54, 1.807) is 24.3 Å². The Kier molecular flexibility index (Phi) is 5.39. The third-order valence-corrected chi connectivity index (χ3v) is 4.66. The van der Waals surface area contributed by atoms with Crippen LogP contribution in [-0.2, 0) is 4.79 Å². The van der Waals surface area contributed by atoms with Crippen LogP contribution < -0.4 is 5.32 Å². The topological polar surface area (TPSA) is 69.6 Å². The maximum atomic E-state index is 13.5. The summed E-state index contributed by atoms with van der Waals surface area (Å²) >= 11 is 0. The van der Waals surface area contributed by atoms with Gasteiger partial charge in [-0.3, -0.25) is 4.79 Å². The lowest BCUT2D eigenvalue weighted by Crippen LogP contribution is -2.47. The number of anilines is 1. The highest BCUT2D eigenvalue weighted by Crippen LogP contribution is 2.26.